The molecule has 7 heteroatoms. The van der Waals surface area contributed by atoms with Crippen LogP contribution in [0, 0.1) is 6.92 Å². The fourth-order valence-electron chi connectivity index (χ4n) is 2.74. The Morgan fingerprint density at radius 2 is 1.90 bits per heavy atom. The zero-order valence-corrected chi connectivity index (χ0v) is 18.8. The summed E-state index contributed by atoms with van der Waals surface area (Å²) in [6.45, 7) is 6.44. The van der Waals surface area contributed by atoms with Crippen LogP contribution in [0.4, 0.5) is 4.79 Å². The van der Waals surface area contributed by atoms with Crippen molar-refractivity contribution in [1.29, 1.82) is 0 Å². The largest absolute Gasteiger partial charge is 0.492 e. The number of hydrogen-bond donors (Lipinski definition) is 0. The Kier molecular flexibility index (Phi) is 7.45. The van der Waals surface area contributed by atoms with Crippen molar-refractivity contribution in [3.63, 3.8) is 0 Å². The summed E-state index contributed by atoms with van der Waals surface area (Å²) in [5.74, 6) is 0.982. The molecule has 1 saturated heterocycles. The van der Waals surface area contributed by atoms with Crippen LogP contribution in [-0.4, -0.2) is 35.3 Å². The number of thioether (sulfide) groups is 1. The first kappa shape index (κ1) is 22.2. The first-order valence-electron chi connectivity index (χ1n) is 9.78. The van der Waals surface area contributed by atoms with E-state index in [2.05, 4.69) is 0 Å². The first-order chi connectivity index (χ1) is 14.4. The molecular weight excluding hydrogens is 422 g/mol. The molecule has 158 valence electrons. The Hall–Kier alpha value is -2.44. The van der Waals surface area contributed by atoms with Crippen LogP contribution >= 0.6 is 23.4 Å². The number of amides is 2. The number of carbonyl (C=O) groups is 2. The SMILES string of the molecule is CC[C@@H](C)Oc1ccc(/C=C2\SC(=O)N(CCOc3ccc(C)cc3)C2=O)cc1Cl. The topological polar surface area (TPSA) is 55.8 Å². The number of halogens is 1. The molecule has 0 N–H and O–H groups in total. The summed E-state index contributed by atoms with van der Waals surface area (Å²) in [6, 6.07) is 12.9. The third-order valence-corrected chi connectivity index (χ3v) is 5.84. The van der Waals surface area contributed by atoms with Gasteiger partial charge in [-0.25, -0.2) is 0 Å². The van der Waals surface area contributed by atoms with Crippen LogP contribution in [0.1, 0.15) is 31.4 Å². The maximum Gasteiger partial charge on any atom is 0.293 e. The van der Waals surface area contributed by atoms with E-state index in [0.717, 1.165) is 29.3 Å². The van der Waals surface area contributed by atoms with Gasteiger partial charge < -0.3 is 9.47 Å². The maximum atomic E-state index is 12.6. The number of nitrogens with zero attached hydrogens (tertiary/aromatic N) is 1. The lowest BCUT2D eigenvalue weighted by Crippen LogP contribution is -2.32. The average molecular weight is 446 g/mol. The Bertz CT molecular complexity index is 958. The van der Waals surface area contributed by atoms with E-state index < -0.39 is 0 Å². The van der Waals surface area contributed by atoms with Gasteiger partial charge in [-0.1, -0.05) is 42.3 Å². The highest BCUT2D eigenvalue weighted by molar-refractivity contribution is 8.18. The molecule has 1 aliphatic rings. The summed E-state index contributed by atoms with van der Waals surface area (Å²) in [5.41, 5.74) is 1.87. The summed E-state index contributed by atoms with van der Waals surface area (Å²) >= 11 is 7.22. The molecule has 0 aromatic heterocycles. The van der Waals surface area contributed by atoms with Crippen LogP contribution in [0.15, 0.2) is 47.4 Å². The minimum atomic E-state index is -0.325. The van der Waals surface area contributed by atoms with Crippen LogP contribution < -0.4 is 9.47 Å². The average Bonchev–Trinajstić information content (AvgIpc) is 2.98. The highest BCUT2D eigenvalue weighted by atomic mass is 35.5. The van der Waals surface area contributed by atoms with Gasteiger partial charge in [-0.15, -0.1) is 0 Å². The standard InChI is InChI=1S/C23H24ClNO4S/c1-4-16(3)29-20-10-7-17(13-19(20)24)14-21-22(26)25(23(27)30-21)11-12-28-18-8-5-15(2)6-9-18/h5-10,13-14,16H,4,11-12H2,1-3H3/b21-14-/t16-/m1/s1. The van der Waals surface area contributed by atoms with Gasteiger partial charge in [0.05, 0.1) is 22.6 Å². The Labute approximate surface area is 186 Å². The molecule has 2 aromatic rings. The third-order valence-electron chi connectivity index (χ3n) is 4.63. The summed E-state index contributed by atoms with van der Waals surface area (Å²) in [4.78, 5) is 26.5. The van der Waals surface area contributed by atoms with Crippen LogP contribution in [0.25, 0.3) is 6.08 Å². The van der Waals surface area contributed by atoms with Crippen molar-refractivity contribution in [3.05, 3.63) is 63.5 Å². The van der Waals surface area contributed by atoms with Crippen molar-refractivity contribution >= 4 is 40.6 Å². The van der Waals surface area contributed by atoms with Gasteiger partial charge in [-0.3, -0.25) is 14.5 Å². The minimum Gasteiger partial charge on any atom is -0.492 e. The molecular formula is C23H24ClNO4S. The molecule has 2 amide bonds. The molecule has 3 rings (SSSR count). The molecule has 0 spiro atoms. The fraction of sp³-hybridized carbons (Fsp3) is 0.304. The maximum absolute atomic E-state index is 12.6. The molecule has 0 saturated carbocycles. The second-order valence-electron chi connectivity index (χ2n) is 7.02. The number of imide groups is 1. The number of hydrogen-bond acceptors (Lipinski definition) is 5. The van der Waals surface area contributed by atoms with Gasteiger partial charge in [0.1, 0.15) is 18.1 Å². The van der Waals surface area contributed by atoms with Crippen molar-refractivity contribution in [2.24, 2.45) is 0 Å². The summed E-state index contributed by atoms with van der Waals surface area (Å²) < 4.78 is 11.4. The molecule has 0 unspecified atom stereocenters. The van der Waals surface area contributed by atoms with Crippen molar-refractivity contribution < 1.29 is 19.1 Å². The quantitative estimate of drug-likeness (QED) is 0.470. The number of ether oxygens (including phenoxy) is 2. The molecule has 30 heavy (non-hydrogen) atoms. The first-order valence-corrected chi connectivity index (χ1v) is 11.0. The van der Waals surface area contributed by atoms with Gasteiger partial charge in [-0.2, -0.15) is 0 Å². The Balaban J connectivity index is 1.62. The third kappa shape index (κ3) is 5.58. The number of rotatable bonds is 8. The van der Waals surface area contributed by atoms with Gasteiger partial charge >= 0.3 is 0 Å². The predicted molar refractivity (Wildman–Crippen MR) is 121 cm³/mol. The van der Waals surface area contributed by atoms with Crippen LogP contribution in [0.5, 0.6) is 11.5 Å². The molecule has 0 bridgehead atoms. The number of benzene rings is 2. The van der Waals surface area contributed by atoms with Crippen LogP contribution in [0.2, 0.25) is 5.02 Å². The van der Waals surface area contributed by atoms with Crippen molar-refractivity contribution in [1.82, 2.24) is 4.90 Å². The van der Waals surface area contributed by atoms with E-state index in [-0.39, 0.29) is 30.4 Å². The highest BCUT2D eigenvalue weighted by Gasteiger charge is 2.34. The number of carbonyl (C=O) groups excluding carboxylic acids is 2. The second-order valence-corrected chi connectivity index (χ2v) is 8.42. The van der Waals surface area contributed by atoms with E-state index in [1.807, 2.05) is 51.1 Å². The van der Waals surface area contributed by atoms with Gasteiger partial charge in [0.2, 0.25) is 0 Å². The van der Waals surface area contributed by atoms with Gasteiger partial charge in [0.15, 0.2) is 0 Å². The minimum absolute atomic E-state index is 0.0620. The molecule has 1 heterocycles. The zero-order chi connectivity index (χ0) is 21.7. The lowest BCUT2D eigenvalue weighted by atomic mass is 10.2. The highest BCUT2D eigenvalue weighted by Crippen LogP contribution is 2.34. The van der Waals surface area contributed by atoms with Crippen molar-refractivity contribution in [2.75, 3.05) is 13.2 Å². The van der Waals surface area contributed by atoms with E-state index in [0.29, 0.717) is 21.4 Å². The summed E-state index contributed by atoms with van der Waals surface area (Å²) in [7, 11) is 0. The van der Waals surface area contributed by atoms with E-state index in [4.69, 9.17) is 21.1 Å². The second kappa shape index (κ2) is 10.0. The van der Waals surface area contributed by atoms with Crippen LogP contribution in [-0.2, 0) is 4.79 Å². The van der Waals surface area contributed by atoms with E-state index in [1.54, 1.807) is 18.2 Å². The zero-order valence-electron chi connectivity index (χ0n) is 17.2. The molecule has 5 nitrogen and oxygen atoms in total. The molecule has 1 fully saturated rings. The smallest absolute Gasteiger partial charge is 0.293 e. The van der Waals surface area contributed by atoms with Crippen molar-refractivity contribution in [2.45, 2.75) is 33.3 Å². The van der Waals surface area contributed by atoms with Gasteiger partial charge in [-0.05, 0) is 67.9 Å². The molecule has 0 aliphatic carbocycles. The lowest BCUT2D eigenvalue weighted by Gasteiger charge is -2.14. The van der Waals surface area contributed by atoms with Gasteiger partial charge in [0.25, 0.3) is 11.1 Å². The monoisotopic (exact) mass is 445 g/mol. The predicted octanol–water partition coefficient (Wildman–Crippen LogP) is 5.94. The van der Waals surface area contributed by atoms with E-state index >= 15 is 0 Å². The molecule has 1 aliphatic heterocycles. The summed E-state index contributed by atoms with van der Waals surface area (Å²) in [6.07, 6.45) is 2.61. The number of aryl methyl sites for hydroxylation is 1. The van der Waals surface area contributed by atoms with E-state index in [9.17, 15) is 9.59 Å². The van der Waals surface area contributed by atoms with Gasteiger partial charge in [0, 0.05) is 0 Å². The van der Waals surface area contributed by atoms with Crippen molar-refractivity contribution in [3.8, 4) is 11.5 Å². The molecule has 1 atom stereocenters. The van der Waals surface area contributed by atoms with E-state index in [1.165, 1.54) is 4.90 Å². The summed E-state index contributed by atoms with van der Waals surface area (Å²) in [5, 5.41) is 0.163. The Morgan fingerprint density at radius 3 is 2.57 bits per heavy atom. The lowest BCUT2D eigenvalue weighted by molar-refractivity contribution is -0.123. The molecule has 2 aromatic carbocycles. The Morgan fingerprint density at radius 1 is 1.17 bits per heavy atom. The fourth-order valence-corrected chi connectivity index (χ4v) is 3.83. The molecule has 0 radical (unpaired) electrons. The van der Waals surface area contributed by atoms with Crippen LogP contribution in [0.3, 0.4) is 0 Å². The normalized spacial score (nSPS) is 16.3.